The predicted octanol–water partition coefficient (Wildman–Crippen LogP) is 2.14. The van der Waals surface area contributed by atoms with Crippen molar-refractivity contribution in [3.8, 4) is 0 Å². The molecule has 0 aromatic carbocycles. The van der Waals surface area contributed by atoms with Gasteiger partial charge in [-0.2, -0.15) is 0 Å². The van der Waals surface area contributed by atoms with E-state index in [0.29, 0.717) is 0 Å². The molecule has 0 amide bonds. The molecule has 1 heterocycles. The van der Waals surface area contributed by atoms with Gasteiger partial charge in [-0.3, -0.25) is 5.01 Å². The molecule has 3 nitrogen and oxygen atoms in total. The van der Waals surface area contributed by atoms with E-state index >= 15 is 0 Å². The van der Waals surface area contributed by atoms with E-state index in [4.69, 9.17) is 0 Å². The molecule has 0 saturated heterocycles. The minimum absolute atomic E-state index is 1.09. The van der Waals surface area contributed by atoms with Crippen LogP contribution in [0.1, 0.15) is 46.0 Å². The van der Waals surface area contributed by atoms with Gasteiger partial charge in [0.05, 0.1) is 0 Å². The quantitative estimate of drug-likeness (QED) is 0.618. The van der Waals surface area contributed by atoms with Crippen LogP contribution in [0.2, 0.25) is 0 Å². The van der Waals surface area contributed by atoms with Gasteiger partial charge < -0.3 is 5.43 Å². The Kier molecular flexibility index (Phi) is 4.68. The van der Waals surface area contributed by atoms with Crippen molar-refractivity contribution in [1.82, 2.24) is 16.0 Å². The van der Waals surface area contributed by atoms with Crippen LogP contribution in [0.3, 0.4) is 0 Å². The molecule has 0 atom stereocenters. The smallest absolute Gasteiger partial charge is 0.0480 e. The van der Waals surface area contributed by atoms with Gasteiger partial charge in [0.2, 0.25) is 0 Å². The maximum atomic E-state index is 3.13. The second-order valence-corrected chi connectivity index (χ2v) is 3.46. The Bertz CT molecular complexity index is 166. The Morgan fingerprint density at radius 1 is 1.23 bits per heavy atom. The van der Waals surface area contributed by atoms with Crippen molar-refractivity contribution in [2.45, 2.75) is 46.0 Å². The van der Waals surface area contributed by atoms with Crippen LogP contribution in [0, 0.1) is 0 Å². The number of hydrogen-bond acceptors (Lipinski definition) is 3. The normalized spacial score (nSPS) is 15.8. The van der Waals surface area contributed by atoms with Crippen molar-refractivity contribution in [1.29, 1.82) is 0 Å². The highest BCUT2D eigenvalue weighted by atomic mass is 15.7. The van der Waals surface area contributed by atoms with Crippen molar-refractivity contribution >= 4 is 0 Å². The van der Waals surface area contributed by atoms with Gasteiger partial charge in [0.25, 0.3) is 0 Å². The lowest BCUT2D eigenvalue weighted by Crippen LogP contribution is -2.37. The first-order valence-electron chi connectivity index (χ1n) is 5.36. The number of nitrogens with one attached hydrogen (secondary N) is 2. The molecule has 2 N–H and O–H groups in total. The number of hydrazine groups is 2. The number of nitrogens with zero attached hydrogens (tertiary/aromatic N) is 1. The first kappa shape index (κ1) is 10.4. The van der Waals surface area contributed by atoms with Crippen molar-refractivity contribution in [2.75, 3.05) is 6.54 Å². The average Bonchev–Trinajstić information content (AvgIpc) is 2.60. The number of unbranched alkanes of at least 4 members (excludes halogenated alkanes) is 3. The Labute approximate surface area is 81.1 Å². The number of rotatable bonds is 6. The summed E-state index contributed by atoms with van der Waals surface area (Å²) < 4.78 is 0. The third kappa shape index (κ3) is 3.27. The van der Waals surface area contributed by atoms with Crippen molar-refractivity contribution in [2.24, 2.45) is 0 Å². The molecule has 0 aromatic heterocycles. The zero-order valence-corrected chi connectivity index (χ0v) is 8.77. The van der Waals surface area contributed by atoms with Crippen LogP contribution in [0.4, 0.5) is 0 Å². The summed E-state index contributed by atoms with van der Waals surface area (Å²) in [5, 5.41) is 2.20. The summed E-state index contributed by atoms with van der Waals surface area (Å²) in [5.74, 6) is 0. The molecule has 76 valence electrons. The molecule has 0 aromatic rings. The van der Waals surface area contributed by atoms with Crippen LogP contribution in [0.25, 0.3) is 0 Å². The molecular weight excluding hydrogens is 162 g/mol. The molecule has 0 bridgehead atoms. The third-order valence-corrected chi connectivity index (χ3v) is 2.38. The first-order chi connectivity index (χ1) is 6.38. The van der Waals surface area contributed by atoms with Crippen molar-refractivity contribution < 1.29 is 0 Å². The minimum Gasteiger partial charge on any atom is -0.309 e. The zero-order valence-electron chi connectivity index (χ0n) is 8.77. The predicted molar refractivity (Wildman–Crippen MR) is 55.5 cm³/mol. The molecular formula is C10H21N3. The molecule has 0 aliphatic carbocycles. The Hall–Kier alpha value is -0.700. The van der Waals surface area contributed by atoms with Gasteiger partial charge in [-0.05, 0) is 12.8 Å². The van der Waals surface area contributed by atoms with Crippen molar-refractivity contribution in [3.05, 3.63) is 11.9 Å². The topological polar surface area (TPSA) is 27.3 Å². The Morgan fingerprint density at radius 2 is 2.08 bits per heavy atom. The van der Waals surface area contributed by atoms with E-state index in [-0.39, 0.29) is 0 Å². The first-order valence-corrected chi connectivity index (χ1v) is 5.36. The molecule has 0 spiro atoms. The average molecular weight is 183 g/mol. The van der Waals surface area contributed by atoms with Crippen LogP contribution >= 0.6 is 0 Å². The van der Waals surface area contributed by atoms with Gasteiger partial charge in [-0.25, -0.2) is 0 Å². The third-order valence-electron chi connectivity index (χ3n) is 2.38. The lowest BCUT2D eigenvalue weighted by Gasteiger charge is -2.20. The molecule has 1 rings (SSSR count). The zero-order chi connectivity index (χ0) is 9.52. The summed E-state index contributed by atoms with van der Waals surface area (Å²) in [7, 11) is 0. The van der Waals surface area contributed by atoms with Gasteiger partial charge in [0.15, 0.2) is 0 Å². The standard InChI is InChI=1S/C10H21N3/c1-3-5-6-7-8-13-10(4-2)9-11-12-13/h9,11-12H,3-8H2,1-2H3. The Morgan fingerprint density at radius 3 is 2.77 bits per heavy atom. The highest BCUT2D eigenvalue weighted by Crippen LogP contribution is 2.10. The summed E-state index contributed by atoms with van der Waals surface area (Å²) in [6.07, 6.45) is 8.41. The number of allylic oxidation sites excluding steroid dienone is 1. The van der Waals surface area contributed by atoms with E-state index in [1.807, 2.05) is 6.20 Å². The van der Waals surface area contributed by atoms with Crippen LogP contribution in [-0.4, -0.2) is 11.6 Å². The molecule has 0 unspecified atom stereocenters. The lowest BCUT2D eigenvalue weighted by molar-refractivity contribution is 0.240. The fraction of sp³-hybridized carbons (Fsp3) is 0.800. The fourth-order valence-corrected chi connectivity index (χ4v) is 1.53. The van der Waals surface area contributed by atoms with E-state index in [9.17, 15) is 0 Å². The van der Waals surface area contributed by atoms with E-state index in [1.54, 1.807) is 0 Å². The van der Waals surface area contributed by atoms with Gasteiger partial charge in [0, 0.05) is 18.4 Å². The van der Waals surface area contributed by atoms with Crippen molar-refractivity contribution in [3.63, 3.8) is 0 Å². The maximum Gasteiger partial charge on any atom is 0.0480 e. The molecule has 0 radical (unpaired) electrons. The van der Waals surface area contributed by atoms with E-state index in [1.165, 1.54) is 31.4 Å². The minimum atomic E-state index is 1.09. The molecule has 1 aliphatic rings. The summed E-state index contributed by atoms with van der Waals surface area (Å²) >= 11 is 0. The highest BCUT2D eigenvalue weighted by Gasteiger charge is 2.10. The van der Waals surface area contributed by atoms with Gasteiger partial charge >= 0.3 is 0 Å². The maximum absolute atomic E-state index is 3.13. The fourth-order valence-electron chi connectivity index (χ4n) is 1.53. The SMILES string of the molecule is CCCCCCN1NNC=C1CC. The van der Waals surface area contributed by atoms with Crippen LogP contribution in [0.5, 0.6) is 0 Å². The summed E-state index contributed by atoms with van der Waals surface area (Å²) in [4.78, 5) is 0. The molecule has 3 heteroatoms. The largest absolute Gasteiger partial charge is 0.309 e. The molecule has 0 fully saturated rings. The van der Waals surface area contributed by atoms with Gasteiger partial charge in [0.1, 0.15) is 0 Å². The Balaban J connectivity index is 2.11. The second-order valence-electron chi connectivity index (χ2n) is 3.46. The summed E-state index contributed by atoms with van der Waals surface area (Å²) in [5.41, 5.74) is 7.51. The van der Waals surface area contributed by atoms with E-state index in [0.717, 1.165) is 13.0 Å². The molecule has 0 saturated carbocycles. The monoisotopic (exact) mass is 183 g/mol. The van der Waals surface area contributed by atoms with Gasteiger partial charge in [-0.1, -0.05) is 33.1 Å². The number of hydrogen-bond donors (Lipinski definition) is 2. The summed E-state index contributed by atoms with van der Waals surface area (Å²) in [6, 6.07) is 0. The van der Waals surface area contributed by atoms with Crippen LogP contribution in [-0.2, 0) is 0 Å². The van der Waals surface area contributed by atoms with Crippen LogP contribution in [0.15, 0.2) is 11.9 Å². The van der Waals surface area contributed by atoms with Gasteiger partial charge in [-0.15, -0.1) is 5.53 Å². The van der Waals surface area contributed by atoms with E-state index < -0.39 is 0 Å². The summed E-state index contributed by atoms with van der Waals surface area (Å²) in [6.45, 7) is 5.54. The van der Waals surface area contributed by atoms with Crippen LogP contribution < -0.4 is 11.0 Å². The highest BCUT2D eigenvalue weighted by molar-refractivity contribution is 5.01. The van der Waals surface area contributed by atoms with E-state index in [2.05, 4.69) is 29.8 Å². The lowest BCUT2D eigenvalue weighted by atomic mass is 10.2. The second kappa shape index (κ2) is 5.86. The molecule has 13 heavy (non-hydrogen) atoms. The molecule has 1 aliphatic heterocycles.